The average molecular weight is 1290 g/mol. The summed E-state index contributed by atoms with van der Waals surface area (Å²) in [6.45, 7) is 9.21. The van der Waals surface area contributed by atoms with E-state index < -0.39 is 97.5 Å². The van der Waals surface area contributed by atoms with Crippen LogP contribution < -0.4 is 0 Å². The first-order chi connectivity index (χ1) is 42.4. The van der Waals surface area contributed by atoms with Crippen LogP contribution in [-0.2, 0) is 65.4 Å². The molecule has 0 aromatic carbocycles. The smallest absolute Gasteiger partial charge is 0.462 e. The molecule has 5 atom stereocenters. The first-order valence-electron chi connectivity index (χ1n) is 34.6. The predicted molar refractivity (Wildman–Crippen MR) is 353 cm³/mol. The number of hydrogen-bond acceptors (Lipinski definition) is 15. The molecule has 0 aliphatic heterocycles. The molecule has 0 radical (unpaired) electrons. The number of ether oxygens (including phenoxy) is 4. The number of aliphatic hydroxyl groups excluding tert-OH is 1. The quantitative estimate of drug-likeness (QED) is 0.0169. The van der Waals surface area contributed by atoms with Crippen LogP contribution >= 0.6 is 15.6 Å². The summed E-state index contributed by atoms with van der Waals surface area (Å²) >= 11 is 0. The van der Waals surface area contributed by atoms with Gasteiger partial charge in [0, 0.05) is 25.7 Å². The Hall–Kier alpha value is -2.98. The van der Waals surface area contributed by atoms with Gasteiger partial charge in [0.05, 0.1) is 26.4 Å². The zero-order chi connectivity index (χ0) is 65.0. The van der Waals surface area contributed by atoms with E-state index in [1.165, 1.54) is 77.0 Å². The van der Waals surface area contributed by atoms with Gasteiger partial charge in [-0.25, -0.2) is 9.13 Å². The minimum Gasteiger partial charge on any atom is -0.462 e. The van der Waals surface area contributed by atoms with E-state index in [9.17, 15) is 43.2 Å². The highest BCUT2D eigenvalue weighted by molar-refractivity contribution is 7.47. The topological polar surface area (TPSA) is 237 Å². The molecule has 0 aromatic heterocycles. The van der Waals surface area contributed by atoms with Crippen LogP contribution in [0.15, 0.2) is 48.6 Å². The van der Waals surface area contributed by atoms with Crippen LogP contribution in [0.4, 0.5) is 0 Å². The van der Waals surface area contributed by atoms with E-state index >= 15 is 0 Å². The van der Waals surface area contributed by atoms with Gasteiger partial charge >= 0.3 is 39.5 Å². The fourth-order valence-electron chi connectivity index (χ4n) is 9.33. The molecule has 0 aromatic rings. The number of phosphoric acid groups is 2. The van der Waals surface area contributed by atoms with Gasteiger partial charge in [0.15, 0.2) is 12.2 Å². The number of unbranched alkanes of at least 4 members (excludes halogenated alkanes) is 28. The summed E-state index contributed by atoms with van der Waals surface area (Å²) in [6, 6.07) is 0. The molecule has 0 aliphatic rings. The van der Waals surface area contributed by atoms with Gasteiger partial charge in [-0.2, -0.15) is 0 Å². The van der Waals surface area contributed by atoms with Crippen molar-refractivity contribution in [1.29, 1.82) is 0 Å². The zero-order valence-corrected chi connectivity index (χ0v) is 57.8. The predicted octanol–water partition coefficient (Wildman–Crippen LogP) is 18.7. The van der Waals surface area contributed by atoms with Crippen molar-refractivity contribution in [2.24, 2.45) is 11.8 Å². The van der Waals surface area contributed by atoms with Crippen LogP contribution in [0.1, 0.15) is 298 Å². The highest BCUT2D eigenvalue weighted by Crippen LogP contribution is 2.45. The van der Waals surface area contributed by atoms with Crippen molar-refractivity contribution in [3.63, 3.8) is 0 Å². The highest BCUT2D eigenvalue weighted by Gasteiger charge is 2.30. The lowest BCUT2D eigenvalue weighted by Crippen LogP contribution is -2.30. The van der Waals surface area contributed by atoms with E-state index in [4.69, 9.17) is 37.0 Å². The molecule has 0 heterocycles. The van der Waals surface area contributed by atoms with Gasteiger partial charge in [-0.15, -0.1) is 0 Å². The number of esters is 4. The second kappa shape index (κ2) is 60.3. The van der Waals surface area contributed by atoms with Crippen molar-refractivity contribution in [3.8, 4) is 0 Å². The number of aliphatic hydroxyl groups is 1. The van der Waals surface area contributed by atoms with E-state index in [-0.39, 0.29) is 25.7 Å². The summed E-state index contributed by atoms with van der Waals surface area (Å²) in [4.78, 5) is 72.3. The summed E-state index contributed by atoms with van der Waals surface area (Å²) in [5.41, 5.74) is 0. The SMILES string of the molecule is CCCCCC/C=C\C=C/CCCCCCCC(=O)OC[C@H](COP(=O)(O)OC[C@@H](O)COP(=O)(O)OC[C@@H](COC(=O)CCCCCCCCC(C)C)OC(=O)CCCCCCCCC(C)C)OC(=O)CCCCCCC/C=C\C=C/CCCCCC. The Morgan fingerprint density at radius 2 is 0.614 bits per heavy atom. The molecule has 0 bridgehead atoms. The lowest BCUT2D eigenvalue weighted by atomic mass is 10.0. The Labute approximate surface area is 534 Å². The molecular weight excluding hydrogens is 1160 g/mol. The molecule has 0 rings (SSSR count). The molecule has 19 heteroatoms. The third kappa shape index (κ3) is 61.9. The Kier molecular flexibility index (Phi) is 58.2. The standard InChI is InChI=1S/C69H126O17P2/c1-7-9-11-13-15-17-19-21-23-25-27-29-31-39-45-51-66(71)79-57-64(85-68(73)53-47-41-32-30-28-26-24-22-20-18-16-14-12-10-8-2)59-83-87(75,76)81-55-63(70)56-82-88(77,78)84-60-65(86-69(74)54-48-42-36-34-38-44-50-62(5)6)58-80-67(72)52-46-40-35-33-37-43-49-61(3)4/h17-24,61-65,70H,7-16,25-60H2,1-6H3,(H,75,76)(H,77,78)/b19-17-,20-18-,23-21-,24-22-/t63-,64-,65-/m1/s1. The molecule has 0 spiro atoms. The first-order valence-corrected chi connectivity index (χ1v) is 37.6. The van der Waals surface area contributed by atoms with E-state index in [1.807, 2.05) is 0 Å². The third-order valence-corrected chi connectivity index (χ3v) is 16.6. The minimum atomic E-state index is -4.97. The zero-order valence-electron chi connectivity index (χ0n) is 56.0. The third-order valence-electron chi connectivity index (χ3n) is 14.7. The van der Waals surface area contributed by atoms with Crippen molar-refractivity contribution in [3.05, 3.63) is 48.6 Å². The normalized spacial score (nSPS) is 14.5. The van der Waals surface area contributed by atoms with Crippen molar-refractivity contribution in [2.75, 3.05) is 39.6 Å². The van der Waals surface area contributed by atoms with Crippen molar-refractivity contribution < 1.29 is 80.2 Å². The molecular formula is C69H126O17P2. The molecule has 0 amide bonds. The number of allylic oxidation sites excluding steroid dienone is 8. The van der Waals surface area contributed by atoms with Gasteiger partial charge in [0.25, 0.3) is 0 Å². The number of carbonyl (C=O) groups excluding carboxylic acids is 4. The highest BCUT2D eigenvalue weighted by atomic mass is 31.2. The van der Waals surface area contributed by atoms with Gasteiger partial charge in [0.1, 0.15) is 19.3 Å². The van der Waals surface area contributed by atoms with E-state index in [2.05, 4.69) is 90.2 Å². The summed E-state index contributed by atoms with van der Waals surface area (Å²) < 4.78 is 68.0. The Balaban J connectivity index is 5.30. The lowest BCUT2D eigenvalue weighted by Gasteiger charge is -2.21. The molecule has 17 nitrogen and oxygen atoms in total. The van der Waals surface area contributed by atoms with Gasteiger partial charge < -0.3 is 33.8 Å². The van der Waals surface area contributed by atoms with Crippen molar-refractivity contribution in [2.45, 2.75) is 317 Å². The lowest BCUT2D eigenvalue weighted by molar-refractivity contribution is -0.161. The fourth-order valence-corrected chi connectivity index (χ4v) is 10.9. The fraction of sp³-hybridized carbons (Fsp3) is 0.826. The largest absolute Gasteiger partial charge is 0.472 e. The number of phosphoric ester groups is 2. The van der Waals surface area contributed by atoms with Crippen LogP contribution in [0.3, 0.4) is 0 Å². The average Bonchev–Trinajstić information content (AvgIpc) is 3.56. The molecule has 0 saturated carbocycles. The first kappa shape index (κ1) is 85.0. The molecule has 514 valence electrons. The van der Waals surface area contributed by atoms with Crippen LogP contribution in [0.5, 0.6) is 0 Å². The molecule has 0 saturated heterocycles. The van der Waals surface area contributed by atoms with Crippen LogP contribution in [0.2, 0.25) is 0 Å². The summed E-state index contributed by atoms with van der Waals surface area (Å²) in [6.07, 6.45) is 50.6. The monoisotopic (exact) mass is 1290 g/mol. The van der Waals surface area contributed by atoms with E-state index in [0.717, 1.165) is 128 Å². The molecule has 88 heavy (non-hydrogen) atoms. The van der Waals surface area contributed by atoms with E-state index in [1.54, 1.807) is 0 Å². The maximum atomic E-state index is 13.0. The molecule has 0 fully saturated rings. The van der Waals surface area contributed by atoms with Gasteiger partial charge in [0.2, 0.25) is 0 Å². The number of rotatable bonds is 64. The Bertz CT molecular complexity index is 1900. The summed E-state index contributed by atoms with van der Waals surface area (Å²) in [5, 5.41) is 10.6. The Morgan fingerprint density at radius 1 is 0.352 bits per heavy atom. The maximum Gasteiger partial charge on any atom is 0.472 e. The van der Waals surface area contributed by atoms with Gasteiger partial charge in [-0.05, 0) is 88.9 Å². The molecule has 3 N–H and O–H groups in total. The minimum absolute atomic E-state index is 0.0775. The maximum absolute atomic E-state index is 13.0. The second-order valence-corrected chi connectivity index (χ2v) is 27.4. The Morgan fingerprint density at radius 3 is 0.920 bits per heavy atom. The number of carbonyl (C=O) groups is 4. The van der Waals surface area contributed by atoms with Gasteiger partial charge in [-0.3, -0.25) is 37.3 Å². The van der Waals surface area contributed by atoms with Crippen molar-refractivity contribution >= 4 is 39.5 Å². The molecule has 2 unspecified atom stereocenters. The van der Waals surface area contributed by atoms with Crippen LogP contribution in [0, 0.1) is 11.8 Å². The van der Waals surface area contributed by atoms with Gasteiger partial charge in [-0.1, -0.05) is 244 Å². The van der Waals surface area contributed by atoms with E-state index in [0.29, 0.717) is 37.5 Å². The summed E-state index contributed by atoms with van der Waals surface area (Å²) in [5.74, 6) is -0.853. The second-order valence-electron chi connectivity index (χ2n) is 24.5. The summed E-state index contributed by atoms with van der Waals surface area (Å²) in [7, 11) is -9.92. The van der Waals surface area contributed by atoms with Crippen LogP contribution in [-0.4, -0.2) is 96.7 Å². The van der Waals surface area contributed by atoms with Crippen LogP contribution in [0.25, 0.3) is 0 Å². The van der Waals surface area contributed by atoms with Crippen molar-refractivity contribution in [1.82, 2.24) is 0 Å². The number of hydrogen-bond donors (Lipinski definition) is 3. The molecule has 0 aliphatic carbocycles.